The molecule has 0 aliphatic heterocycles. The summed E-state index contributed by atoms with van der Waals surface area (Å²) in [7, 11) is 1.60. The van der Waals surface area contributed by atoms with Crippen molar-refractivity contribution >= 4 is 22.4 Å². The predicted molar refractivity (Wildman–Crippen MR) is 90.8 cm³/mol. The summed E-state index contributed by atoms with van der Waals surface area (Å²) in [6.45, 7) is 1.82. The van der Waals surface area contributed by atoms with Gasteiger partial charge in [0.25, 0.3) is 5.91 Å². The number of benzene rings is 1. The van der Waals surface area contributed by atoms with Crippen molar-refractivity contribution in [1.29, 1.82) is 0 Å². The molecule has 0 saturated heterocycles. The van der Waals surface area contributed by atoms with Gasteiger partial charge >= 0.3 is 0 Å². The molecule has 0 radical (unpaired) electrons. The van der Waals surface area contributed by atoms with Crippen LogP contribution in [0, 0.1) is 0 Å². The van der Waals surface area contributed by atoms with Crippen LogP contribution in [0.1, 0.15) is 28.5 Å². The van der Waals surface area contributed by atoms with Crippen LogP contribution in [0.4, 0.5) is 5.13 Å². The number of nitrogens with zero attached hydrogens (tertiary/aromatic N) is 3. The zero-order chi connectivity index (χ0) is 17.1. The smallest absolute Gasteiger partial charge is 0.269 e. The van der Waals surface area contributed by atoms with Crippen LogP contribution in [-0.2, 0) is 0 Å². The number of rotatable bonds is 5. The van der Waals surface area contributed by atoms with E-state index in [0.29, 0.717) is 21.5 Å². The average Bonchev–Trinajstić information content (AvgIpc) is 3.24. The number of hydrogen-bond acceptors (Lipinski definition) is 7. The molecule has 0 aliphatic rings. The quantitative estimate of drug-likeness (QED) is 0.651. The number of nitrogens with one attached hydrogen (secondary N) is 2. The summed E-state index contributed by atoms with van der Waals surface area (Å²) in [5.74, 6) is 0.446. The summed E-state index contributed by atoms with van der Waals surface area (Å²) >= 11 is 1.24. The first-order valence-corrected chi connectivity index (χ1v) is 7.98. The summed E-state index contributed by atoms with van der Waals surface area (Å²) in [5.41, 5.74) is 7.43. The van der Waals surface area contributed by atoms with Crippen molar-refractivity contribution in [1.82, 2.24) is 25.7 Å². The molecule has 0 aliphatic carbocycles. The van der Waals surface area contributed by atoms with Crippen LogP contribution >= 0.6 is 11.3 Å². The van der Waals surface area contributed by atoms with Gasteiger partial charge in [0.05, 0.1) is 18.8 Å². The minimum Gasteiger partial charge on any atom is -0.497 e. The first kappa shape index (κ1) is 15.9. The van der Waals surface area contributed by atoms with Gasteiger partial charge in [0.15, 0.2) is 0 Å². The van der Waals surface area contributed by atoms with Gasteiger partial charge in [-0.15, -0.1) is 10.2 Å². The molecule has 0 saturated carbocycles. The molecular formula is C15H16N6O2S. The van der Waals surface area contributed by atoms with Gasteiger partial charge in [-0.1, -0.05) is 23.5 Å². The number of aromatic nitrogens is 4. The van der Waals surface area contributed by atoms with E-state index < -0.39 is 0 Å². The fourth-order valence-electron chi connectivity index (χ4n) is 2.13. The molecule has 2 heterocycles. The highest BCUT2D eigenvalue weighted by molar-refractivity contribution is 7.15. The number of ether oxygens (including phenoxy) is 1. The number of nitrogen functional groups attached to an aromatic ring is 1. The number of amides is 1. The molecule has 2 aromatic heterocycles. The largest absolute Gasteiger partial charge is 0.497 e. The van der Waals surface area contributed by atoms with Crippen LogP contribution in [0.3, 0.4) is 0 Å². The lowest BCUT2D eigenvalue weighted by atomic mass is 10.1. The van der Waals surface area contributed by atoms with Crippen LogP contribution in [-0.4, -0.2) is 33.4 Å². The fraction of sp³-hybridized carbons (Fsp3) is 0.200. The van der Waals surface area contributed by atoms with Gasteiger partial charge in [0.2, 0.25) is 5.13 Å². The van der Waals surface area contributed by atoms with Crippen LogP contribution in [0.2, 0.25) is 0 Å². The molecule has 124 valence electrons. The highest BCUT2D eigenvalue weighted by Gasteiger charge is 2.17. The van der Waals surface area contributed by atoms with Crippen molar-refractivity contribution < 1.29 is 9.53 Å². The Labute approximate surface area is 142 Å². The molecule has 0 fully saturated rings. The number of nitrogens with two attached hydrogens (primary N) is 1. The van der Waals surface area contributed by atoms with Crippen molar-refractivity contribution in [2.24, 2.45) is 0 Å². The topological polar surface area (TPSA) is 119 Å². The van der Waals surface area contributed by atoms with E-state index in [1.165, 1.54) is 11.3 Å². The van der Waals surface area contributed by atoms with E-state index >= 15 is 0 Å². The maximum absolute atomic E-state index is 12.3. The van der Waals surface area contributed by atoms with E-state index in [1.807, 2.05) is 31.2 Å². The van der Waals surface area contributed by atoms with Crippen molar-refractivity contribution in [3.8, 4) is 17.0 Å². The Balaban J connectivity index is 1.73. The van der Waals surface area contributed by atoms with Crippen LogP contribution < -0.4 is 15.8 Å². The number of anilines is 1. The second-order valence-corrected chi connectivity index (χ2v) is 6.11. The number of carbonyl (C=O) groups is 1. The van der Waals surface area contributed by atoms with E-state index in [9.17, 15) is 4.79 Å². The highest BCUT2D eigenvalue weighted by Crippen LogP contribution is 2.23. The van der Waals surface area contributed by atoms with Crippen molar-refractivity contribution in [2.75, 3.05) is 12.8 Å². The molecule has 8 nitrogen and oxygen atoms in total. The van der Waals surface area contributed by atoms with Crippen molar-refractivity contribution in [3.05, 3.63) is 41.0 Å². The van der Waals surface area contributed by atoms with Crippen LogP contribution in [0.15, 0.2) is 30.3 Å². The number of methoxy groups -OCH3 is 1. The molecule has 3 aromatic rings. The normalized spacial score (nSPS) is 11.9. The Morgan fingerprint density at radius 2 is 2.21 bits per heavy atom. The Morgan fingerprint density at radius 3 is 2.92 bits per heavy atom. The van der Waals surface area contributed by atoms with Crippen molar-refractivity contribution in [2.45, 2.75) is 13.0 Å². The Hall–Kier alpha value is -2.94. The second kappa shape index (κ2) is 6.67. The zero-order valence-corrected chi connectivity index (χ0v) is 13.9. The van der Waals surface area contributed by atoms with E-state index in [1.54, 1.807) is 13.2 Å². The molecule has 1 atom stereocenters. The van der Waals surface area contributed by atoms with Gasteiger partial charge in [0.1, 0.15) is 16.5 Å². The summed E-state index contributed by atoms with van der Waals surface area (Å²) < 4.78 is 5.20. The maximum Gasteiger partial charge on any atom is 0.269 e. The second-order valence-electron chi connectivity index (χ2n) is 5.07. The maximum atomic E-state index is 12.3. The molecule has 9 heteroatoms. The average molecular weight is 344 g/mol. The summed E-state index contributed by atoms with van der Waals surface area (Å²) in [6, 6.07) is 8.85. The molecule has 0 bridgehead atoms. The summed E-state index contributed by atoms with van der Waals surface area (Å²) in [5, 5.41) is 18.4. The molecule has 1 amide bonds. The van der Waals surface area contributed by atoms with E-state index in [0.717, 1.165) is 11.3 Å². The number of hydrogen-bond donors (Lipinski definition) is 3. The Bertz CT molecular complexity index is 859. The van der Waals surface area contributed by atoms with Crippen molar-refractivity contribution in [3.63, 3.8) is 0 Å². The number of aromatic amines is 1. The Morgan fingerprint density at radius 1 is 1.38 bits per heavy atom. The molecule has 1 aromatic carbocycles. The van der Waals surface area contributed by atoms with E-state index in [4.69, 9.17) is 10.5 Å². The number of carbonyl (C=O) groups excluding carboxylic acids is 1. The fourth-order valence-corrected chi connectivity index (χ4v) is 2.74. The van der Waals surface area contributed by atoms with Gasteiger partial charge in [0, 0.05) is 5.56 Å². The standard InChI is InChI=1S/C15H16N6O2S/c1-8(14-20-21-15(16)24-14)17-13(22)12-7-11(18-19-12)9-4-3-5-10(6-9)23-2/h3-8H,1-2H3,(H2,16,21)(H,17,22)(H,18,19). The lowest BCUT2D eigenvalue weighted by Gasteiger charge is -2.08. The predicted octanol–water partition coefficient (Wildman–Crippen LogP) is 2.01. The molecule has 0 spiro atoms. The molecule has 1 unspecified atom stereocenters. The zero-order valence-electron chi connectivity index (χ0n) is 13.1. The first-order chi connectivity index (χ1) is 11.6. The summed E-state index contributed by atoms with van der Waals surface area (Å²) in [6.07, 6.45) is 0. The molecule has 4 N–H and O–H groups in total. The molecular weight excluding hydrogens is 328 g/mol. The third-order valence-electron chi connectivity index (χ3n) is 3.36. The van der Waals surface area contributed by atoms with Gasteiger partial charge in [-0.3, -0.25) is 9.89 Å². The molecule has 3 rings (SSSR count). The third kappa shape index (κ3) is 3.35. The first-order valence-electron chi connectivity index (χ1n) is 7.16. The third-order valence-corrected chi connectivity index (χ3v) is 4.30. The lowest BCUT2D eigenvalue weighted by molar-refractivity contribution is 0.0934. The van der Waals surface area contributed by atoms with E-state index in [-0.39, 0.29) is 11.9 Å². The van der Waals surface area contributed by atoms with Gasteiger partial charge in [-0.05, 0) is 25.1 Å². The Kier molecular flexibility index (Phi) is 4.43. The minimum absolute atomic E-state index is 0.280. The SMILES string of the molecule is COc1cccc(-c2cc(C(=O)NC(C)c3nnc(N)s3)[nH]n2)c1. The molecule has 24 heavy (non-hydrogen) atoms. The lowest BCUT2D eigenvalue weighted by Crippen LogP contribution is -2.26. The monoisotopic (exact) mass is 344 g/mol. The highest BCUT2D eigenvalue weighted by atomic mass is 32.1. The number of H-pyrrole nitrogens is 1. The van der Waals surface area contributed by atoms with Gasteiger partial charge < -0.3 is 15.8 Å². The minimum atomic E-state index is -0.295. The van der Waals surface area contributed by atoms with Gasteiger partial charge in [-0.2, -0.15) is 5.10 Å². The van der Waals surface area contributed by atoms with Crippen LogP contribution in [0.25, 0.3) is 11.3 Å². The summed E-state index contributed by atoms with van der Waals surface area (Å²) in [4.78, 5) is 12.3. The van der Waals surface area contributed by atoms with Crippen LogP contribution in [0.5, 0.6) is 5.75 Å². The van der Waals surface area contributed by atoms with E-state index in [2.05, 4.69) is 25.7 Å². The van der Waals surface area contributed by atoms with Gasteiger partial charge in [-0.25, -0.2) is 0 Å².